The van der Waals surface area contributed by atoms with E-state index in [0.717, 1.165) is 6.07 Å². The first-order valence-corrected chi connectivity index (χ1v) is 4.91. The summed E-state index contributed by atoms with van der Waals surface area (Å²) in [4.78, 5) is 11.6. The van der Waals surface area contributed by atoms with Gasteiger partial charge in [-0.3, -0.25) is 4.79 Å². The third-order valence-corrected chi connectivity index (χ3v) is 2.16. The molecular formula is C12H14F2O. The molecule has 0 bridgehead atoms. The van der Waals surface area contributed by atoms with Gasteiger partial charge in [0.15, 0.2) is 5.78 Å². The summed E-state index contributed by atoms with van der Waals surface area (Å²) in [5.74, 6) is -1.88. The number of carbonyl (C=O) groups is 1. The van der Waals surface area contributed by atoms with Gasteiger partial charge in [0.2, 0.25) is 0 Å². The molecule has 1 aromatic rings. The van der Waals surface area contributed by atoms with Gasteiger partial charge in [-0.2, -0.15) is 0 Å². The highest BCUT2D eigenvalue weighted by Gasteiger charge is 2.19. The van der Waals surface area contributed by atoms with Gasteiger partial charge in [0.25, 0.3) is 0 Å². The lowest BCUT2D eigenvalue weighted by Gasteiger charge is -2.07. The van der Waals surface area contributed by atoms with Gasteiger partial charge in [-0.15, -0.1) is 0 Å². The average molecular weight is 212 g/mol. The molecule has 0 aliphatic heterocycles. The minimum Gasteiger partial charge on any atom is -0.294 e. The highest BCUT2D eigenvalue weighted by atomic mass is 19.1. The van der Waals surface area contributed by atoms with E-state index in [1.54, 1.807) is 0 Å². The van der Waals surface area contributed by atoms with E-state index in [-0.39, 0.29) is 12.3 Å². The largest absolute Gasteiger partial charge is 0.294 e. The van der Waals surface area contributed by atoms with Crippen molar-refractivity contribution in [2.24, 2.45) is 5.92 Å². The van der Waals surface area contributed by atoms with Crippen LogP contribution in [0.5, 0.6) is 0 Å². The van der Waals surface area contributed by atoms with Gasteiger partial charge in [0.1, 0.15) is 11.6 Å². The number of aryl methyl sites for hydroxylation is 1. The second kappa shape index (κ2) is 4.51. The molecule has 0 aliphatic carbocycles. The molecule has 0 spiro atoms. The van der Waals surface area contributed by atoms with E-state index >= 15 is 0 Å². The van der Waals surface area contributed by atoms with Crippen molar-refractivity contribution >= 4 is 5.78 Å². The van der Waals surface area contributed by atoms with Crippen molar-refractivity contribution in [3.63, 3.8) is 0 Å². The van der Waals surface area contributed by atoms with E-state index < -0.39 is 23.0 Å². The fourth-order valence-corrected chi connectivity index (χ4v) is 1.39. The molecule has 0 unspecified atom stereocenters. The van der Waals surface area contributed by atoms with Crippen molar-refractivity contribution in [1.82, 2.24) is 0 Å². The van der Waals surface area contributed by atoms with Gasteiger partial charge in [-0.05, 0) is 24.5 Å². The zero-order valence-corrected chi connectivity index (χ0v) is 9.10. The van der Waals surface area contributed by atoms with Crippen LogP contribution in [0.2, 0.25) is 0 Å². The third kappa shape index (κ3) is 2.61. The topological polar surface area (TPSA) is 17.1 Å². The summed E-state index contributed by atoms with van der Waals surface area (Å²) in [6.45, 7) is 5.19. The zero-order chi connectivity index (χ0) is 11.6. The molecule has 0 radical (unpaired) electrons. The van der Waals surface area contributed by atoms with E-state index in [1.165, 1.54) is 13.0 Å². The molecular weight excluding hydrogens is 198 g/mol. The van der Waals surface area contributed by atoms with Gasteiger partial charge >= 0.3 is 0 Å². The lowest BCUT2D eigenvalue weighted by molar-refractivity contribution is 0.0959. The zero-order valence-electron chi connectivity index (χ0n) is 9.10. The van der Waals surface area contributed by atoms with Gasteiger partial charge in [0.05, 0.1) is 5.56 Å². The summed E-state index contributed by atoms with van der Waals surface area (Å²) < 4.78 is 26.8. The Morgan fingerprint density at radius 3 is 2.47 bits per heavy atom. The predicted molar refractivity (Wildman–Crippen MR) is 54.9 cm³/mol. The Morgan fingerprint density at radius 2 is 1.93 bits per heavy atom. The Hall–Kier alpha value is -1.25. The summed E-state index contributed by atoms with van der Waals surface area (Å²) in [6.07, 6.45) is 0.164. The Kier molecular flexibility index (Phi) is 3.56. The SMILES string of the molecule is Cc1ccc(F)c(C(=O)CC(C)C)c1F. The van der Waals surface area contributed by atoms with Crippen molar-refractivity contribution < 1.29 is 13.6 Å². The number of hydrogen-bond donors (Lipinski definition) is 0. The maximum absolute atomic E-state index is 13.5. The van der Waals surface area contributed by atoms with Crippen molar-refractivity contribution in [1.29, 1.82) is 0 Å². The van der Waals surface area contributed by atoms with Crippen molar-refractivity contribution in [3.05, 3.63) is 34.9 Å². The van der Waals surface area contributed by atoms with Crippen molar-refractivity contribution in [3.8, 4) is 0 Å². The molecule has 82 valence electrons. The van der Waals surface area contributed by atoms with Gasteiger partial charge in [-0.1, -0.05) is 19.9 Å². The molecule has 1 nitrogen and oxygen atoms in total. The molecule has 1 aromatic carbocycles. The first-order chi connectivity index (χ1) is 6.93. The third-order valence-electron chi connectivity index (χ3n) is 2.16. The van der Waals surface area contributed by atoms with E-state index in [1.807, 2.05) is 13.8 Å². The second-order valence-corrected chi connectivity index (χ2v) is 4.07. The maximum atomic E-state index is 13.5. The molecule has 0 aliphatic rings. The maximum Gasteiger partial charge on any atom is 0.169 e. The van der Waals surface area contributed by atoms with Crippen LogP contribution in [0.4, 0.5) is 8.78 Å². The van der Waals surface area contributed by atoms with Crippen molar-refractivity contribution in [2.45, 2.75) is 27.2 Å². The number of carbonyl (C=O) groups excluding carboxylic acids is 1. The standard InChI is InChI=1S/C12H14F2O/c1-7(2)6-10(15)11-9(13)5-4-8(3)12(11)14/h4-5,7H,6H2,1-3H3. The summed E-state index contributed by atoms with van der Waals surface area (Å²) in [7, 11) is 0. The molecule has 1 rings (SSSR count). The lowest BCUT2D eigenvalue weighted by Crippen LogP contribution is -2.09. The summed E-state index contributed by atoms with van der Waals surface area (Å²) in [5.41, 5.74) is -0.104. The van der Waals surface area contributed by atoms with E-state index in [2.05, 4.69) is 0 Å². The summed E-state index contributed by atoms with van der Waals surface area (Å²) in [5, 5.41) is 0. The minimum atomic E-state index is -0.774. The minimum absolute atomic E-state index is 0.0943. The quantitative estimate of drug-likeness (QED) is 0.701. The summed E-state index contributed by atoms with van der Waals surface area (Å²) >= 11 is 0. The Bertz CT molecular complexity index is 383. The molecule has 0 saturated heterocycles. The molecule has 0 N–H and O–H groups in total. The molecule has 3 heteroatoms. The van der Waals surface area contributed by atoms with Crippen LogP contribution in [0.3, 0.4) is 0 Å². The molecule has 0 aromatic heterocycles. The number of ketones is 1. The fourth-order valence-electron chi connectivity index (χ4n) is 1.39. The van der Waals surface area contributed by atoms with Gasteiger partial charge < -0.3 is 0 Å². The Balaban J connectivity index is 3.13. The van der Waals surface area contributed by atoms with Crippen LogP contribution in [0, 0.1) is 24.5 Å². The smallest absolute Gasteiger partial charge is 0.169 e. The molecule has 0 amide bonds. The molecule has 0 fully saturated rings. The van der Waals surface area contributed by atoms with Crippen LogP contribution in [-0.2, 0) is 0 Å². The van der Waals surface area contributed by atoms with Crippen LogP contribution in [0.15, 0.2) is 12.1 Å². The van der Waals surface area contributed by atoms with Crippen LogP contribution in [-0.4, -0.2) is 5.78 Å². The number of benzene rings is 1. The highest BCUT2D eigenvalue weighted by Crippen LogP contribution is 2.19. The first kappa shape index (κ1) is 11.8. The van der Waals surface area contributed by atoms with E-state index in [9.17, 15) is 13.6 Å². The van der Waals surface area contributed by atoms with Crippen LogP contribution >= 0.6 is 0 Å². The molecule has 15 heavy (non-hydrogen) atoms. The number of halogens is 2. The fraction of sp³-hybridized carbons (Fsp3) is 0.417. The lowest BCUT2D eigenvalue weighted by atomic mass is 9.99. The monoisotopic (exact) mass is 212 g/mol. The van der Waals surface area contributed by atoms with Crippen LogP contribution in [0.25, 0.3) is 0 Å². The summed E-state index contributed by atoms with van der Waals surface area (Å²) in [6, 6.07) is 2.46. The normalized spacial score (nSPS) is 10.8. The second-order valence-electron chi connectivity index (χ2n) is 4.07. The Labute approximate surface area is 88.1 Å². The predicted octanol–water partition coefficient (Wildman–Crippen LogP) is 3.50. The first-order valence-electron chi connectivity index (χ1n) is 4.91. The highest BCUT2D eigenvalue weighted by molar-refractivity contribution is 5.96. The number of rotatable bonds is 3. The van der Waals surface area contributed by atoms with Crippen molar-refractivity contribution in [2.75, 3.05) is 0 Å². The van der Waals surface area contributed by atoms with Crippen LogP contribution < -0.4 is 0 Å². The average Bonchev–Trinajstić information content (AvgIpc) is 2.11. The molecule has 0 heterocycles. The van der Waals surface area contributed by atoms with Gasteiger partial charge in [0, 0.05) is 6.42 Å². The number of hydrogen-bond acceptors (Lipinski definition) is 1. The molecule has 0 saturated carbocycles. The molecule has 0 atom stereocenters. The van der Waals surface area contributed by atoms with E-state index in [0.29, 0.717) is 5.56 Å². The van der Waals surface area contributed by atoms with Crippen LogP contribution in [0.1, 0.15) is 36.2 Å². The number of Topliss-reactive ketones (excluding diaryl/α,β-unsaturated/α-hetero) is 1. The van der Waals surface area contributed by atoms with E-state index in [4.69, 9.17) is 0 Å². The Morgan fingerprint density at radius 1 is 1.33 bits per heavy atom. The van der Waals surface area contributed by atoms with Gasteiger partial charge in [-0.25, -0.2) is 8.78 Å².